The van der Waals surface area contributed by atoms with E-state index in [2.05, 4.69) is 34.3 Å². The zero-order valence-electron chi connectivity index (χ0n) is 23.0. The molecule has 0 radical (unpaired) electrons. The van der Waals surface area contributed by atoms with E-state index in [-0.39, 0.29) is 0 Å². The fourth-order valence-corrected chi connectivity index (χ4v) is 5.07. The fourth-order valence-electron chi connectivity index (χ4n) is 3.57. The molecular weight excluding hydrogens is 630 g/mol. The summed E-state index contributed by atoms with van der Waals surface area (Å²) in [5.74, 6) is 0. The minimum absolute atomic E-state index is 0.489. The molecule has 6 nitrogen and oxygen atoms in total. The molecule has 0 atom stereocenters. The van der Waals surface area contributed by atoms with Gasteiger partial charge in [-0.2, -0.15) is 0 Å². The highest BCUT2D eigenvalue weighted by atomic mass is 35.5. The zero-order chi connectivity index (χ0) is 29.3. The molecule has 2 aromatic carbocycles. The van der Waals surface area contributed by atoms with Crippen molar-refractivity contribution in [2.45, 2.75) is 39.5 Å². The minimum Gasteiger partial charge on any atom is -0.377 e. The van der Waals surface area contributed by atoms with Gasteiger partial charge in [-0.15, -0.1) is 0 Å². The van der Waals surface area contributed by atoms with E-state index in [1.807, 2.05) is 12.1 Å². The number of nitrogens with zero attached hydrogens (tertiary/aromatic N) is 2. The smallest absolute Gasteiger partial charge is 0.173 e. The second-order valence-electron chi connectivity index (χ2n) is 9.01. The maximum Gasteiger partial charge on any atom is 0.173 e. The lowest BCUT2D eigenvalue weighted by molar-refractivity contribution is 0.0403. The molecule has 0 saturated carbocycles. The predicted octanol–water partition coefficient (Wildman–Crippen LogP) is 8.63. The maximum atomic E-state index is 6.29. The number of rotatable bonds is 17. The molecule has 0 fully saturated rings. The normalized spacial score (nSPS) is 10.8. The highest BCUT2D eigenvalue weighted by Crippen LogP contribution is 2.26. The number of hydrogen-bond donors (Lipinski definition) is 2. The van der Waals surface area contributed by atoms with E-state index in [1.165, 1.54) is 0 Å². The lowest BCUT2D eigenvalue weighted by Crippen LogP contribution is -2.38. The number of nitrogens with one attached hydrogen (secondary N) is 2. The Labute approximate surface area is 269 Å². The van der Waals surface area contributed by atoms with Gasteiger partial charge in [0, 0.05) is 36.2 Å². The van der Waals surface area contributed by atoms with E-state index < -0.39 is 0 Å². The van der Waals surface area contributed by atoms with Crippen LogP contribution in [0.25, 0.3) is 0 Å². The molecule has 0 bridgehead atoms. The lowest BCUT2D eigenvalue weighted by atomic mass is 10.3. The molecule has 0 aliphatic carbocycles. The summed E-state index contributed by atoms with van der Waals surface area (Å²) in [6.45, 7) is 9.32. The van der Waals surface area contributed by atoms with Crippen molar-refractivity contribution >= 4 is 92.4 Å². The van der Waals surface area contributed by atoms with Crippen LogP contribution >= 0.6 is 70.8 Å². The first kappa shape index (κ1) is 35.1. The molecule has 2 aromatic rings. The van der Waals surface area contributed by atoms with Crippen molar-refractivity contribution in [2.75, 3.05) is 63.2 Å². The van der Waals surface area contributed by atoms with E-state index >= 15 is 0 Å². The Morgan fingerprint density at radius 2 is 1.05 bits per heavy atom. The average Bonchev–Trinajstić information content (AvgIpc) is 2.92. The molecule has 12 heteroatoms. The van der Waals surface area contributed by atoms with Crippen LogP contribution in [0, 0.1) is 0 Å². The molecule has 2 rings (SSSR count). The van der Waals surface area contributed by atoms with Gasteiger partial charge in [-0.3, -0.25) is 0 Å². The molecule has 0 aliphatic rings. The summed E-state index contributed by atoms with van der Waals surface area (Å²) >= 11 is 35.9. The van der Waals surface area contributed by atoms with Crippen molar-refractivity contribution in [1.29, 1.82) is 0 Å². The maximum absolute atomic E-state index is 6.29. The highest BCUT2D eigenvalue weighted by molar-refractivity contribution is 7.80. The molecule has 0 spiro atoms. The first-order valence-electron chi connectivity index (χ1n) is 13.4. The van der Waals surface area contributed by atoms with E-state index in [1.54, 1.807) is 24.3 Å². The van der Waals surface area contributed by atoms with Gasteiger partial charge in [0.05, 0.1) is 47.8 Å². The summed E-state index contributed by atoms with van der Waals surface area (Å²) in [7, 11) is 0. The number of unbranched alkanes of at least 4 members (excludes halogenated alkanes) is 2. The first-order chi connectivity index (χ1) is 19.2. The topological polar surface area (TPSA) is 49.0 Å². The molecule has 0 aromatic heterocycles. The van der Waals surface area contributed by atoms with E-state index in [0.717, 1.165) is 50.1 Å². The summed E-state index contributed by atoms with van der Waals surface area (Å²) in [5, 5.41) is 9.87. The van der Waals surface area contributed by atoms with Gasteiger partial charge in [0.25, 0.3) is 0 Å². The fraction of sp³-hybridized carbons (Fsp3) is 0.500. The van der Waals surface area contributed by atoms with Crippen molar-refractivity contribution in [1.82, 2.24) is 9.80 Å². The van der Waals surface area contributed by atoms with Gasteiger partial charge in [-0.1, -0.05) is 73.1 Å². The molecule has 40 heavy (non-hydrogen) atoms. The van der Waals surface area contributed by atoms with Gasteiger partial charge in [0.2, 0.25) is 0 Å². The van der Waals surface area contributed by atoms with Crippen LogP contribution in [-0.4, -0.2) is 72.6 Å². The second-order valence-corrected chi connectivity index (χ2v) is 11.5. The standard InChI is InChI=1S/C28H38Cl4N4O2S2/c1-3-5-11-35(27(39)33-25-9-7-21(29)19-23(25)31)13-15-37-17-18-38-16-14-36(12-6-4-2)28(40)34-26-10-8-22(30)20-24(26)32/h7-10,19-20H,3-6,11-18H2,1-2H3,(H,33,39)(H,34,40). The third kappa shape index (κ3) is 13.3. The highest BCUT2D eigenvalue weighted by Gasteiger charge is 2.13. The van der Waals surface area contributed by atoms with Crippen LogP contribution in [0.2, 0.25) is 20.1 Å². The largest absolute Gasteiger partial charge is 0.377 e. The van der Waals surface area contributed by atoms with E-state index in [9.17, 15) is 0 Å². The Morgan fingerprint density at radius 3 is 1.40 bits per heavy atom. The van der Waals surface area contributed by atoms with Crippen molar-refractivity contribution < 1.29 is 9.47 Å². The van der Waals surface area contributed by atoms with Gasteiger partial charge < -0.3 is 29.9 Å². The van der Waals surface area contributed by atoms with Gasteiger partial charge in [0.15, 0.2) is 10.2 Å². The Balaban J connectivity index is 1.72. The monoisotopic (exact) mass is 666 g/mol. The Kier molecular flexibility index (Phi) is 17.5. The number of hydrogen-bond acceptors (Lipinski definition) is 4. The Bertz CT molecular complexity index is 997. The molecule has 0 amide bonds. The van der Waals surface area contributed by atoms with Crippen LogP contribution < -0.4 is 10.6 Å². The van der Waals surface area contributed by atoms with Crippen LogP contribution in [0.3, 0.4) is 0 Å². The van der Waals surface area contributed by atoms with Gasteiger partial charge in [-0.25, -0.2) is 0 Å². The summed E-state index contributed by atoms with van der Waals surface area (Å²) < 4.78 is 11.7. The summed E-state index contributed by atoms with van der Waals surface area (Å²) in [5.41, 5.74) is 1.46. The quantitative estimate of drug-likeness (QED) is 0.128. The van der Waals surface area contributed by atoms with Crippen LogP contribution in [0.1, 0.15) is 39.5 Å². The predicted molar refractivity (Wildman–Crippen MR) is 180 cm³/mol. The molecule has 2 N–H and O–H groups in total. The molecular formula is C28H38Cl4N4O2S2. The third-order valence-corrected chi connectivity index (χ3v) is 7.68. The van der Waals surface area contributed by atoms with Crippen molar-refractivity contribution in [3.8, 4) is 0 Å². The van der Waals surface area contributed by atoms with Crippen molar-refractivity contribution in [3.05, 3.63) is 56.5 Å². The van der Waals surface area contributed by atoms with Crippen LogP contribution in [0.15, 0.2) is 36.4 Å². The van der Waals surface area contributed by atoms with E-state index in [4.69, 9.17) is 80.3 Å². The van der Waals surface area contributed by atoms with Gasteiger partial charge in [0.1, 0.15) is 0 Å². The van der Waals surface area contributed by atoms with Gasteiger partial charge >= 0.3 is 0 Å². The van der Waals surface area contributed by atoms with Crippen LogP contribution in [0.5, 0.6) is 0 Å². The van der Waals surface area contributed by atoms with Crippen molar-refractivity contribution in [2.24, 2.45) is 0 Å². The molecule has 0 aliphatic heterocycles. The van der Waals surface area contributed by atoms with E-state index in [0.29, 0.717) is 69.8 Å². The minimum atomic E-state index is 0.489. The SMILES string of the molecule is CCCCN(CCOCCOCCN(CCCC)C(=S)Nc1ccc(Cl)cc1Cl)C(=S)Nc1ccc(Cl)cc1Cl. The van der Waals surface area contributed by atoms with Crippen LogP contribution in [0.4, 0.5) is 11.4 Å². The second kappa shape index (κ2) is 19.9. The molecule has 0 unspecified atom stereocenters. The zero-order valence-corrected chi connectivity index (χ0v) is 27.6. The third-order valence-electron chi connectivity index (χ3n) is 5.87. The average molecular weight is 669 g/mol. The number of halogens is 4. The summed E-state index contributed by atoms with van der Waals surface area (Å²) in [4.78, 5) is 4.19. The Morgan fingerprint density at radius 1 is 0.650 bits per heavy atom. The number of thiocarbonyl (C=S) groups is 2. The molecule has 0 saturated heterocycles. The van der Waals surface area contributed by atoms with Gasteiger partial charge in [-0.05, 0) is 73.7 Å². The summed E-state index contributed by atoms with van der Waals surface area (Å²) in [6.07, 6.45) is 4.18. The summed E-state index contributed by atoms with van der Waals surface area (Å²) in [6, 6.07) is 10.6. The number of benzene rings is 2. The van der Waals surface area contributed by atoms with Crippen molar-refractivity contribution in [3.63, 3.8) is 0 Å². The van der Waals surface area contributed by atoms with Crippen LogP contribution in [-0.2, 0) is 9.47 Å². The first-order valence-corrected chi connectivity index (χ1v) is 15.7. The number of ether oxygens (including phenoxy) is 2. The number of anilines is 2. The molecule has 0 heterocycles. The molecule has 222 valence electrons. The Hall–Kier alpha value is -1.10. The lowest BCUT2D eigenvalue weighted by Gasteiger charge is -2.26.